The monoisotopic (exact) mass is 325 g/mol. The molecular weight excluding hydrogens is 298 g/mol. The van der Waals surface area contributed by atoms with Crippen LogP contribution in [0.15, 0.2) is 42.5 Å². The van der Waals surface area contributed by atoms with Gasteiger partial charge in [0, 0.05) is 13.1 Å². The van der Waals surface area contributed by atoms with Gasteiger partial charge in [-0.1, -0.05) is 42.5 Å². The van der Waals surface area contributed by atoms with Gasteiger partial charge in [-0.05, 0) is 56.2 Å². The predicted octanol–water partition coefficient (Wildman–Crippen LogP) is 3.64. The summed E-state index contributed by atoms with van der Waals surface area (Å²) in [5.74, 6) is 0. The molecule has 0 aliphatic carbocycles. The van der Waals surface area contributed by atoms with Crippen molar-refractivity contribution in [2.24, 2.45) is 0 Å². The molecule has 1 saturated heterocycles. The van der Waals surface area contributed by atoms with E-state index in [1.54, 1.807) is 0 Å². The zero-order valence-electron chi connectivity index (χ0n) is 14.8. The maximum Gasteiger partial charge on any atom is 0.317 e. The van der Waals surface area contributed by atoms with E-state index in [2.05, 4.69) is 54.5 Å². The van der Waals surface area contributed by atoms with E-state index < -0.39 is 0 Å². The second-order valence-corrected chi connectivity index (χ2v) is 6.88. The number of likely N-dealkylation sites (tertiary alicyclic amines) is 1. The Morgan fingerprint density at radius 1 is 1.17 bits per heavy atom. The van der Waals surface area contributed by atoms with E-state index in [0.717, 1.165) is 25.9 Å². The van der Waals surface area contributed by atoms with Crippen LogP contribution in [0.2, 0.25) is 0 Å². The first kappa shape index (κ1) is 16.8. The van der Waals surface area contributed by atoms with E-state index in [1.165, 1.54) is 16.3 Å². The van der Waals surface area contributed by atoms with Crippen molar-refractivity contribution < 1.29 is 4.79 Å². The molecule has 1 fully saturated rings. The molecule has 1 N–H and O–H groups in total. The SMILES string of the molecule is C[C@H](NC(=O)N(C)C1CCN(C)CC1)c1cccc2ccccc12. The van der Waals surface area contributed by atoms with Gasteiger partial charge in [-0.2, -0.15) is 0 Å². The topological polar surface area (TPSA) is 35.6 Å². The first-order valence-electron chi connectivity index (χ1n) is 8.76. The van der Waals surface area contributed by atoms with Crippen molar-refractivity contribution in [3.63, 3.8) is 0 Å². The highest BCUT2D eigenvalue weighted by Gasteiger charge is 2.25. The lowest BCUT2D eigenvalue weighted by molar-refractivity contribution is 0.146. The van der Waals surface area contributed by atoms with Crippen molar-refractivity contribution in [1.29, 1.82) is 0 Å². The number of carbonyl (C=O) groups is 1. The van der Waals surface area contributed by atoms with Crippen LogP contribution in [0.1, 0.15) is 31.4 Å². The van der Waals surface area contributed by atoms with Crippen molar-refractivity contribution in [1.82, 2.24) is 15.1 Å². The molecule has 1 aliphatic rings. The molecular formula is C20H27N3O. The van der Waals surface area contributed by atoms with Crippen LogP contribution in [0, 0.1) is 0 Å². The fraction of sp³-hybridized carbons (Fsp3) is 0.450. The Bertz CT molecular complexity index is 702. The maximum atomic E-state index is 12.6. The summed E-state index contributed by atoms with van der Waals surface area (Å²) >= 11 is 0. The van der Waals surface area contributed by atoms with Gasteiger partial charge >= 0.3 is 6.03 Å². The molecule has 0 bridgehead atoms. The second kappa shape index (κ2) is 7.22. The number of urea groups is 1. The lowest BCUT2D eigenvalue weighted by Crippen LogP contribution is -2.48. The number of rotatable bonds is 3. The third kappa shape index (κ3) is 3.54. The third-order valence-corrected chi connectivity index (χ3v) is 5.19. The van der Waals surface area contributed by atoms with Crippen LogP contribution in [0.3, 0.4) is 0 Å². The van der Waals surface area contributed by atoms with E-state index in [1.807, 2.05) is 24.1 Å². The smallest absolute Gasteiger partial charge is 0.317 e. The highest BCUT2D eigenvalue weighted by molar-refractivity contribution is 5.86. The van der Waals surface area contributed by atoms with Gasteiger partial charge in [0.15, 0.2) is 0 Å². The molecule has 0 radical (unpaired) electrons. The molecule has 2 aromatic rings. The highest BCUT2D eigenvalue weighted by Crippen LogP contribution is 2.24. The van der Waals surface area contributed by atoms with Crippen molar-refractivity contribution in [2.75, 3.05) is 27.2 Å². The van der Waals surface area contributed by atoms with E-state index in [0.29, 0.717) is 6.04 Å². The summed E-state index contributed by atoms with van der Waals surface area (Å²) in [6.07, 6.45) is 2.09. The van der Waals surface area contributed by atoms with Gasteiger partial charge in [0.05, 0.1) is 6.04 Å². The molecule has 128 valence electrons. The van der Waals surface area contributed by atoms with Gasteiger partial charge in [0.2, 0.25) is 0 Å². The maximum absolute atomic E-state index is 12.6. The fourth-order valence-corrected chi connectivity index (χ4v) is 3.54. The minimum atomic E-state index is -0.0164. The normalized spacial score (nSPS) is 17.6. The van der Waals surface area contributed by atoms with Crippen molar-refractivity contribution in [2.45, 2.75) is 31.8 Å². The second-order valence-electron chi connectivity index (χ2n) is 6.88. The molecule has 0 aromatic heterocycles. The molecule has 1 heterocycles. The standard InChI is InChI=1S/C20H27N3O/c1-15(18-10-6-8-16-7-4-5-9-19(16)18)21-20(24)23(3)17-11-13-22(2)14-12-17/h4-10,15,17H,11-14H2,1-3H3,(H,21,24)/t15-/m0/s1. The van der Waals surface area contributed by atoms with Gasteiger partial charge < -0.3 is 15.1 Å². The lowest BCUT2D eigenvalue weighted by Gasteiger charge is -2.35. The van der Waals surface area contributed by atoms with Crippen LogP contribution < -0.4 is 5.32 Å². The Hall–Kier alpha value is -2.07. The first-order valence-corrected chi connectivity index (χ1v) is 8.76. The summed E-state index contributed by atoms with van der Waals surface area (Å²) < 4.78 is 0. The average Bonchev–Trinajstić information content (AvgIpc) is 2.61. The van der Waals surface area contributed by atoms with Gasteiger partial charge in [-0.15, -0.1) is 0 Å². The Morgan fingerprint density at radius 2 is 1.83 bits per heavy atom. The van der Waals surface area contributed by atoms with Crippen molar-refractivity contribution in [3.05, 3.63) is 48.0 Å². The van der Waals surface area contributed by atoms with Gasteiger partial charge in [-0.3, -0.25) is 0 Å². The van der Waals surface area contributed by atoms with Gasteiger partial charge in [-0.25, -0.2) is 4.79 Å². The number of nitrogens with one attached hydrogen (secondary N) is 1. The molecule has 4 nitrogen and oxygen atoms in total. The Balaban J connectivity index is 1.69. The minimum absolute atomic E-state index is 0.0164. The van der Waals surface area contributed by atoms with E-state index in [-0.39, 0.29) is 12.1 Å². The Morgan fingerprint density at radius 3 is 2.58 bits per heavy atom. The molecule has 0 saturated carbocycles. The van der Waals surface area contributed by atoms with Crippen molar-refractivity contribution >= 4 is 16.8 Å². The summed E-state index contributed by atoms with van der Waals surface area (Å²) in [4.78, 5) is 16.8. The fourth-order valence-electron chi connectivity index (χ4n) is 3.54. The molecule has 1 atom stereocenters. The number of benzene rings is 2. The molecule has 1 aliphatic heterocycles. The number of piperidine rings is 1. The van der Waals surface area contributed by atoms with E-state index in [9.17, 15) is 4.79 Å². The Labute approximate surface area is 144 Å². The molecule has 3 rings (SSSR count). The molecule has 2 amide bonds. The first-order chi connectivity index (χ1) is 11.6. The largest absolute Gasteiger partial charge is 0.331 e. The van der Waals surface area contributed by atoms with Gasteiger partial charge in [0.25, 0.3) is 0 Å². The zero-order chi connectivity index (χ0) is 17.1. The quantitative estimate of drug-likeness (QED) is 0.935. The van der Waals surface area contributed by atoms with Gasteiger partial charge in [0.1, 0.15) is 0 Å². The minimum Gasteiger partial charge on any atom is -0.331 e. The molecule has 0 unspecified atom stereocenters. The Kier molecular flexibility index (Phi) is 5.05. The van der Waals surface area contributed by atoms with Crippen LogP contribution in [0.5, 0.6) is 0 Å². The van der Waals surface area contributed by atoms with Crippen LogP contribution in [-0.2, 0) is 0 Å². The number of amides is 2. The summed E-state index contributed by atoms with van der Waals surface area (Å²) in [7, 11) is 4.06. The number of hydrogen-bond acceptors (Lipinski definition) is 2. The summed E-state index contributed by atoms with van der Waals surface area (Å²) in [5, 5.41) is 5.58. The summed E-state index contributed by atoms with van der Waals surface area (Å²) in [6.45, 7) is 4.17. The number of fused-ring (bicyclic) bond motifs is 1. The van der Waals surface area contributed by atoms with Crippen LogP contribution in [0.4, 0.5) is 4.79 Å². The number of nitrogens with zero attached hydrogens (tertiary/aromatic N) is 2. The summed E-state index contributed by atoms with van der Waals surface area (Å²) in [5.41, 5.74) is 1.17. The third-order valence-electron chi connectivity index (χ3n) is 5.19. The zero-order valence-corrected chi connectivity index (χ0v) is 14.8. The molecule has 24 heavy (non-hydrogen) atoms. The predicted molar refractivity (Wildman–Crippen MR) is 99.2 cm³/mol. The van der Waals surface area contributed by atoms with Crippen LogP contribution in [-0.4, -0.2) is 49.1 Å². The van der Waals surface area contributed by atoms with E-state index in [4.69, 9.17) is 0 Å². The number of hydrogen-bond donors (Lipinski definition) is 1. The highest BCUT2D eigenvalue weighted by atomic mass is 16.2. The summed E-state index contributed by atoms with van der Waals surface area (Å²) in [6, 6.07) is 14.9. The van der Waals surface area contributed by atoms with Crippen LogP contribution in [0.25, 0.3) is 10.8 Å². The van der Waals surface area contributed by atoms with E-state index >= 15 is 0 Å². The van der Waals surface area contributed by atoms with Crippen LogP contribution >= 0.6 is 0 Å². The lowest BCUT2D eigenvalue weighted by atomic mass is 10.00. The molecule has 0 spiro atoms. The number of carbonyl (C=O) groups excluding carboxylic acids is 1. The average molecular weight is 325 g/mol. The van der Waals surface area contributed by atoms with Crippen molar-refractivity contribution in [3.8, 4) is 0 Å². The molecule has 2 aromatic carbocycles. The molecule has 4 heteroatoms.